The Bertz CT molecular complexity index is 1190. The van der Waals surface area contributed by atoms with Crippen molar-refractivity contribution in [3.8, 4) is 16.5 Å². The number of thiophene rings is 1. The van der Waals surface area contributed by atoms with Gasteiger partial charge in [-0.2, -0.15) is 0 Å². The number of quaternary nitrogens is 1. The van der Waals surface area contributed by atoms with Gasteiger partial charge in [-0.25, -0.2) is 9.78 Å². The summed E-state index contributed by atoms with van der Waals surface area (Å²) in [6, 6.07) is 10.3. The number of rotatable bonds is 7. The number of amides is 1. The first-order valence-electron chi connectivity index (χ1n) is 10.4. The zero-order valence-corrected chi connectivity index (χ0v) is 18.4. The van der Waals surface area contributed by atoms with Crippen molar-refractivity contribution in [3.63, 3.8) is 0 Å². The molecular formula is C22H23N4O6S+. The van der Waals surface area contributed by atoms with E-state index in [1.807, 2.05) is 0 Å². The number of anilines is 1. The number of nitrogens with one attached hydrogen (secondary N) is 3. The number of esters is 1. The summed E-state index contributed by atoms with van der Waals surface area (Å²) in [7, 11) is 0. The maximum Gasteiger partial charge on any atom is 0.361 e. The molecule has 4 rings (SSSR count). The highest BCUT2D eigenvalue weighted by atomic mass is 32.1. The van der Waals surface area contributed by atoms with Gasteiger partial charge in [-0.15, -0.1) is 11.3 Å². The molecule has 1 aromatic carbocycles. The van der Waals surface area contributed by atoms with Crippen LogP contribution in [0.4, 0.5) is 5.69 Å². The Morgan fingerprint density at radius 3 is 2.73 bits per heavy atom. The lowest BCUT2D eigenvalue weighted by molar-refractivity contribution is -0.908. The second kappa shape index (κ2) is 10.4. The van der Waals surface area contributed by atoms with E-state index in [2.05, 4.69) is 15.3 Å². The number of nitrogens with zero attached hydrogens (tertiary/aromatic N) is 1. The normalized spacial score (nSPS) is 14.1. The lowest BCUT2D eigenvalue weighted by Crippen LogP contribution is -3.14. The number of aromatic hydroxyl groups is 1. The van der Waals surface area contributed by atoms with Crippen LogP contribution in [0, 0.1) is 0 Å². The van der Waals surface area contributed by atoms with Gasteiger partial charge in [0.15, 0.2) is 11.5 Å². The first-order valence-corrected chi connectivity index (χ1v) is 11.3. The highest BCUT2D eigenvalue weighted by Gasteiger charge is 2.23. The largest absolute Gasteiger partial charge is 0.501 e. The Morgan fingerprint density at radius 1 is 1.21 bits per heavy atom. The molecule has 11 heteroatoms. The highest BCUT2D eigenvalue weighted by Crippen LogP contribution is 2.32. The molecule has 0 saturated carbocycles. The summed E-state index contributed by atoms with van der Waals surface area (Å²) < 4.78 is 10.5. The van der Waals surface area contributed by atoms with Gasteiger partial charge in [-0.3, -0.25) is 9.59 Å². The summed E-state index contributed by atoms with van der Waals surface area (Å²) in [5.74, 6) is -1.99. The maximum atomic E-state index is 12.5. The SMILES string of the molecule is O=C(Nc1ccsc1-c1nc(C(=O)OCC[NH+]2CCOCC2)c(O)c(=O)[nH]1)c1ccccc1. The molecular weight excluding hydrogens is 448 g/mol. The number of carbonyl (C=O) groups excluding carboxylic acids is 2. The van der Waals surface area contributed by atoms with Crippen LogP contribution >= 0.6 is 11.3 Å². The molecule has 1 saturated heterocycles. The monoisotopic (exact) mass is 471 g/mol. The van der Waals surface area contributed by atoms with Crippen LogP contribution in [-0.4, -0.2) is 66.4 Å². The average Bonchev–Trinajstić information content (AvgIpc) is 3.30. The molecule has 0 atom stereocenters. The predicted molar refractivity (Wildman–Crippen MR) is 121 cm³/mol. The fraction of sp³-hybridized carbons (Fsp3) is 0.273. The van der Waals surface area contributed by atoms with Crippen LogP contribution in [-0.2, 0) is 9.47 Å². The van der Waals surface area contributed by atoms with Crippen molar-refractivity contribution >= 4 is 28.9 Å². The Balaban J connectivity index is 1.50. The molecule has 0 spiro atoms. The number of hydrogen-bond donors (Lipinski definition) is 4. The minimum atomic E-state index is -0.890. The van der Waals surface area contributed by atoms with E-state index in [0.717, 1.165) is 13.1 Å². The Hall–Kier alpha value is -3.54. The molecule has 1 fully saturated rings. The zero-order chi connectivity index (χ0) is 23.2. The van der Waals surface area contributed by atoms with Crippen molar-refractivity contribution in [1.82, 2.24) is 9.97 Å². The van der Waals surface area contributed by atoms with Gasteiger partial charge in [0.1, 0.15) is 26.2 Å². The van der Waals surface area contributed by atoms with Crippen molar-refractivity contribution in [2.45, 2.75) is 0 Å². The third-order valence-electron chi connectivity index (χ3n) is 5.14. The molecule has 0 radical (unpaired) electrons. The number of morpholine rings is 1. The molecule has 0 unspecified atom stereocenters. The molecule has 10 nitrogen and oxygen atoms in total. The zero-order valence-electron chi connectivity index (χ0n) is 17.6. The summed E-state index contributed by atoms with van der Waals surface area (Å²) >= 11 is 1.22. The molecule has 1 amide bonds. The first kappa shape index (κ1) is 22.6. The minimum absolute atomic E-state index is 0.0434. The van der Waals surface area contributed by atoms with Crippen LogP contribution in [0.5, 0.6) is 5.75 Å². The highest BCUT2D eigenvalue weighted by molar-refractivity contribution is 7.14. The van der Waals surface area contributed by atoms with Crippen molar-refractivity contribution < 1.29 is 29.1 Å². The smallest absolute Gasteiger partial charge is 0.361 e. The molecule has 2 aromatic heterocycles. The summed E-state index contributed by atoms with van der Waals surface area (Å²) in [5.41, 5.74) is -0.467. The minimum Gasteiger partial charge on any atom is -0.501 e. The second-order valence-electron chi connectivity index (χ2n) is 7.34. The topological polar surface area (TPSA) is 135 Å². The van der Waals surface area contributed by atoms with E-state index in [9.17, 15) is 19.5 Å². The second-order valence-corrected chi connectivity index (χ2v) is 8.26. The first-order chi connectivity index (χ1) is 16.0. The molecule has 1 aliphatic heterocycles. The molecule has 4 N–H and O–H groups in total. The maximum absolute atomic E-state index is 12.5. The molecule has 172 valence electrons. The fourth-order valence-corrected chi connectivity index (χ4v) is 4.15. The molecule has 1 aliphatic rings. The van der Waals surface area contributed by atoms with E-state index in [0.29, 0.717) is 35.9 Å². The van der Waals surface area contributed by atoms with E-state index in [1.54, 1.807) is 41.8 Å². The van der Waals surface area contributed by atoms with E-state index < -0.39 is 23.0 Å². The van der Waals surface area contributed by atoms with Crippen LogP contribution < -0.4 is 15.8 Å². The van der Waals surface area contributed by atoms with Gasteiger partial charge in [0, 0.05) is 5.56 Å². The number of aromatic nitrogens is 2. The van der Waals surface area contributed by atoms with Gasteiger partial charge in [0.05, 0.1) is 23.8 Å². The van der Waals surface area contributed by atoms with E-state index in [1.165, 1.54) is 16.2 Å². The molecule has 0 bridgehead atoms. The number of benzene rings is 1. The van der Waals surface area contributed by atoms with Crippen LogP contribution in [0.15, 0.2) is 46.6 Å². The van der Waals surface area contributed by atoms with Crippen LogP contribution in [0.1, 0.15) is 20.8 Å². The van der Waals surface area contributed by atoms with Crippen molar-refractivity contribution in [1.29, 1.82) is 0 Å². The van der Waals surface area contributed by atoms with Crippen LogP contribution in [0.2, 0.25) is 0 Å². The molecule has 3 heterocycles. The van der Waals surface area contributed by atoms with Crippen molar-refractivity contribution in [2.75, 3.05) is 44.8 Å². The lowest BCUT2D eigenvalue weighted by atomic mass is 10.2. The molecule has 0 aliphatic carbocycles. The van der Waals surface area contributed by atoms with Crippen molar-refractivity contribution in [3.05, 3.63) is 63.4 Å². The summed E-state index contributed by atoms with van der Waals surface area (Å²) in [4.78, 5) is 45.6. The standard InChI is InChI=1S/C22H22N4O6S/c27-17-16(22(30)32-12-9-26-7-10-31-11-8-26)24-19(25-21(17)29)18-15(6-13-33-18)23-20(28)14-4-2-1-3-5-14/h1-6,13,27H,7-12H2,(H,23,28)(H,24,25,29)/p+1. The van der Waals surface area contributed by atoms with E-state index in [4.69, 9.17) is 9.47 Å². The number of carbonyl (C=O) groups is 2. The van der Waals surface area contributed by atoms with Gasteiger partial charge < -0.3 is 29.8 Å². The lowest BCUT2D eigenvalue weighted by Gasteiger charge is -2.23. The van der Waals surface area contributed by atoms with Crippen LogP contribution in [0.3, 0.4) is 0 Å². The van der Waals surface area contributed by atoms with Gasteiger partial charge in [0.2, 0.25) is 5.75 Å². The third-order valence-corrected chi connectivity index (χ3v) is 6.06. The number of hydrogen-bond acceptors (Lipinski definition) is 8. The summed E-state index contributed by atoms with van der Waals surface area (Å²) in [6.45, 7) is 3.68. The van der Waals surface area contributed by atoms with Gasteiger partial charge in [-0.05, 0) is 23.6 Å². The summed E-state index contributed by atoms with van der Waals surface area (Å²) in [5, 5.41) is 14.6. The van der Waals surface area contributed by atoms with Crippen molar-refractivity contribution in [2.24, 2.45) is 0 Å². The number of H-pyrrole nitrogens is 1. The predicted octanol–water partition coefficient (Wildman–Crippen LogP) is 0.528. The van der Waals surface area contributed by atoms with Crippen LogP contribution in [0.25, 0.3) is 10.7 Å². The summed E-state index contributed by atoms with van der Waals surface area (Å²) in [6.07, 6.45) is 0. The number of aromatic amines is 1. The van der Waals surface area contributed by atoms with E-state index >= 15 is 0 Å². The fourth-order valence-electron chi connectivity index (χ4n) is 3.36. The molecule has 33 heavy (non-hydrogen) atoms. The Morgan fingerprint density at radius 2 is 1.97 bits per heavy atom. The Kier molecular flexibility index (Phi) is 7.13. The Labute approximate surface area is 192 Å². The van der Waals surface area contributed by atoms with Gasteiger partial charge in [-0.1, -0.05) is 18.2 Å². The number of ether oxygens (including phenoxy) is 2. The van der Waals surface area contributed by atoms with Gasteiger partial charge >= 0.3 is 5.97 Å². The average molecular weight is 472 g/mol. The molecule has 3 aromatic rings. The van der Waals surface area contributed by atoms with Gasteiger partial charge in [0.25, 0.3) is 11.5 Å². The quantitative estimate of drug-likeness (QED) is 0.369. The van der Waals surface area contributed by atoms with E-state index in [-0.39, 0.29) is 18.3 Å². The third kappa shape index (κ3) is 5.45.